The summed E-state index contributed by atoms with van der Waals surface area (Å²) in [5, 5.41) is 14.3. The van der Waals surface area contributed by atoms with Crippen LogP contribution in [0.3, 0.4) is 0 Å². The van der Waals surface area contributed by atoms with Crippen molar-refractivity contribution >= 4 is 40.7 Å². The smallest absolute Gasteiger partial charge is 0.243 e. The van der Waals surface area contributed by atoms with Gasteiger partial charge in [-0.05, 0) is 12.1 Å². The molecule has 0 aliphatic rings. The van der Waals surface area contributed by atoms with Crippen LogP contribution in [0.1, 0.15) is 13.3 Å². The summed E-state index contributed by atoms with van der Waals surface area (Å²) in [5.41, 5.74) is 0.346. The number of hydrogen-bond donors (Lipinski definition) is 3. The lowest BCUT2D eigenvalue weighted by Gasteiger charge is -2.08. The number of nitrogens with one attached hydrogen (secondary N) is 2. The lowest BCUT2D eigenvalue weighted by atomic mass is 10.3. The minimum atomic E-state index is -0.408. The van der Waals surface area contributed by atoms with Gasteiger partial charge in [-0.15, -0.1) is 0 Å². The molecule has 1 rings (SSSR count). The molecule has 1 aromatic rings. The van der Waals surface area contributed by atoms with Gasteiger partial charge < -0.3 is 15.7 Å². The molecule has 0 heterocycles. The Balaban J connectivity index is 2.62. The van der Waals surface area contributed by atoms with E-state index in [0.29, 0.717) is 12.1 Å². The Morgan fingerprint density at radius 1 is 1.22 bits per heavy atom. The Morgan fingerprint density at radius 3 is 2.28 bits per heavy atom. The first-order valence-electron chi connectivity index (χ1n) is 5.18. The Bertz CT molecular complexity index is 454. The molecule has 0 unspecified atom stereocenters. The van der Waals surface area contributed by atoms with Crippen molar-refractivity contribution in [2.75, 3.05) is 11.9 Å². The third-order valence-electron chi connectivity index (χ3n) is 2.07. The Morgan fingerprint density at radius 2 is 1.78 bits per heavy atom. The molecule has 0 saturated heterocycles. The molecule has 0 radical (unpaired) electrons. The Labute approximate surface area is 114 Å². The quantitative estimate of drug-likeness (QED) is 0.744. The van der Waals surface area contributed by atoms with E-state index in [0.717, 1.165) is 0 Å². The van der Waals surface area contributed by atoms with Gasteiger partial charge in [0, 0.05) is 12.1 Å². The van der Waals surface area contributed by atoms with Crippen LogP contribution < -0.4 is 10.6 Å². The van der Waals surface area contributed by atoms with E-state index >= 15 is 0 Å². The molecule has 1 aromatic carbocycles. The highest BCUT2D eigenvalue weighted by molar-refractivity contribution is 6.37. The zero-order chi connectivity index (χ0) is 13.7. The molecular weight excluding hydrogens is 279 g/mol. The summed E-state index contributed by atoms with van der Waals surface area (Å²) in [7, 11) is 0. The van der Waals surface area contributed by atoms with Gasteiger partial charge in [0.1, 0.15) is 0 Å². The summed E-state index contributed by atoms with van der Waals surface area (Å²) in [5.74, 6) is -0.864. The number of rotatable bonds is 4. The van der Waals surface area contributed by atoms with Crippen LogP contribution in [0, 0.1) is 0 Å². The van der Waals surface area contributed by atoms with E-state index in [9.17, 15) is 14.7 Å². The van der Waals surface area contributed by atoms with E-state index in [-0.39, 0.29) is 28.2 Å². The van der Waals surface area contributed by atoms with Crippen molar-refractivity contribution in [2.45, 2.75) is 13.3 Å². The number of halogens is 2. The average Bonchev–Trinajstić information content (AvgIpc) is 2.32. The van der Waals surface area contributed by atoms with Crippen molar-refractivity contribution in [2.24, 2.45) is 0 Å². The molecule has 0 fully saturated rings. The van der Waals surface area contributed by atoms with Gasteiger partial charge in [0.05, 0.1) is 16.6 Å². The van der Waals surface area contributed by atoms with E-state index in [1.807, 2.05) is 0 Å². The third kappa shape index (κ3) is 4.09. The van der Waals surface area contributed by atoms with Crippen molar-refractivity contribution in [1.82, 2.24) is 5.32 Å². The van der Waals surface area contributed by atoms with Gasteiger partial charge in [-0.1, -0.05) is 30.1 Å². The van der Waals surface area contributed by atoms with Gasteiger partial charge in [0.15, 0.2) is 5.75 Å². The molecule has 0 bridgehead atoms. The van der Waals surface area contributed by atoms with Gasteiger partial charge in [-0.25, -0.2) is 0 Å². The second-order valence-corrected chi connectivity index (χ2v) is 4.28. The van der Waals surface area contributed by atoms with Crippen LogP contribution >= 0.6 is 23.2 Å². The van der Waals surface area contributed by atoms with Crippen molar-refractivity contribution in [3.05, 3.63) is 22.2 Å². The second kappa shape index (κ2) is 6.47. The molecule has 0 aliphatic heterocycles. The summed E-state index contributed by atoms with van der Waals surface area (Å²) in [6, 6.07) is 2.73. The highest BCUT2D eigenvalue weighted by atomic mass is 35.5. The minimum Gasteiger partial charge on any atom is -0.505 e. The number of carbonyl (C=O) groups is 2. The normalized spacial score (nSPS) is 9.94. The maximum atomic E-state index is 11.5. The van der Waals surface area contributed by atoms with Crippen LogP contribution in [0.2, 0.25) is 10.0 Å². The fourth-order valence-corrected chi connectivity index (χ4v) is 1.63. The number of anilines is 1. The summed E-state index contributed by atoms with van der Waals surface area (Å²) >= 11 is 11.4. The molecule has 18 heavy (non-hydrogen) atoms. The Hall–Kier alpha value is -1.46. The van der Waals surface area contributed by atoms with E-state index in [4.69, 9.17) is 23.2 Å². The van der Waals surface area contributed by atoms with Crippen molar-refractivity contribution < 1.29 is 14.7 Å². The minimum absolute atomic E-state index is 0.0374. The molecule has 0 atom stereocenters. The molecule has 0 spiro atoms. The van der Waals surface area contributed by atoms with E-state index in [2.05, 4.69) is 10.6 Å². The lowest BCUT2D eigenvalue weighted by molar-refractivity contribution is -0.123. The van der Waals surface area contributed by atoms with Crippen LogP contribution in [0.4, 0.5) is 5.69 Å². The van der Waals surface area contributed by atoms with E-state index < -0.39 is 5.91 Å². The van der Waals surface area contributed by atoms with Gasteiger partial charge in [-0.2, -0.15) is 0 Å². The zero-order valence-corrected chi connectivity index (χ0v) is 11.1. The summed E-state index contributed by atoms with van der Waals surface area (Å²) in [6.07, 6.45) is 0.310. The SMILES string of the molecule is CCC(=O)NCC(=O)Nc1cc(Cl)c(O)c(Cl)c1. The topological polar surface area (TPSA) is 78.4 Å². The van der Waals surface area contributed by atoms with Crippen molar-refractivity contribution in [3.8, 4) is 5.75 Å². The number of phenolic OH excluding ortho intramolecular Hbond substituents is 1. The first kappa shape index (κ1) is 14.6. The van der Waals surface area contributed by atoms with Crippen LogP contribution in [0.15, 0.2) is 12.1 Å². The van der Waals surface area contributed by atoms with Gasteiger partial charge in [0.2, 0.25) is 11.8 Å². The van der Waals surface area contributed by atoms with Gasteiger partial charge in [0.25, 0.3) is 0 Å². The lowest BCUT2D eigenvalue weighted by Crippen LogP contribution is -2.32. The average molecular weight is 291 g/mol. The first-order chi connectivity index (χ1) is 8.43. The van der Waals surface area contributed by atoms with E-state index in [1.54, 1.807) is 6.92 Å². The van der Waals surface area contributed by atoms with Crippen molar-refractivity contribution in [3.63, 3.8) is 0 Å². The Kier molecular flexibility index (Phi) is 5.25. The maximum Gasteiger partial charge on any atom is 0.243 e. The molecular formula is C11H12Cl2N2O3. The van der Waals surface area contributed by atoms with Crippen LogP contribution in [0.25, 0.3) is 0 Å². The number of phenols is 1. The van der Waals surface area contributed by atoms with E-state index in [1.165, 1.54) is 12.1 Å². The summed E-state index contributed by atoms with van der Waals surface area (Å²) in [6.45, 7) is 1.55. The highest BCUT2D eigenvalue weighted by Crippen LogP contribution is 2.34. The molecule has 0 saturated carbocycles. The molecule has 0 aliphatic carbocycles. The third-order valence-corrected chi connectivity index (χ3v) is 2.64. The van der Waals surface area contributed by atoms with Crippen LogP contribution in [0.5, 0.6) is 5.75 Å². The number of aromatic hydroxyl groups is 1. The second-order valence-electron chi connectivity index (χ2n) is 3.47. The highest BCUT2D eigenvalue weighted by Gasteiger charge is 2.09. The number of benzene rings is 1. The standard InChI is InChI=1S/C11H12Cl2N2O3/c1-2-9(16)14-5-10(17)15-6-3-7(12)11(18)8(13)4-6/h3-4,18H,2,5H2,1H3,(H,14,16)(H,15,17). The number of hydrogen-bond acceptors (Lipinski definition) is 3. The monoisotopic (exact) mass is 290 g/mol. The van der Waals surface area contributed by atoms with Crippen molar-refractivity contribution in [1.29, 1.82) is 0 Å². The predicted molar refractivity (Wildman–Crippen MR) is 70.1 cm³/mol. The van der Waals surface area contributed by atoms with Gasteiger partial charge >= 0.3 is 0 Å². The fourth-order valence-electron chi connectivity index (χ4n) is 1.15. The van der Waals surface area contributed by atoms with Gasteiger partial charge in [-0.3, -0.25) is 9.59 Å². The van der Waals surface area contributed by atoms with Crippen LogP contribution in [-0.2, 0) is 9.59 Å². The molecule has 98 valence electrons. The summed E-state index contributed by atoms with van der Waals surface area (Å²) < 4.78 is 0. The predicted octanol–water partition coefficient (Wildman–Crippen LogP) is 2.16. The van der Waals surface area contributed by atoms with Crippen LogP contribution in [-0.4, -0.2) is 23.5 Å². The molecule has 2 amide bonds. The maximum absolute atomic E-state index is 11.5. The molecule has 7 heteroatoms. The molecule has 3 N–H and O–H groups in total. The molecule has 0 aromatic heterocycles. The number of carbonyl (C=O) groups excluding carboxylic acids is 2. The zero-order valence-electron chi connectivity index (χ0n) is 9.59. The molecule has 5 nitrogen and oxygen atoms in total. The number of amides is 2. The fraction of sp³-hybridized carbons (Fsp3) is 0.273. The summed E-state index contributed by atoms with van der Waals surface area (Å²) in [4.78, 5) is 22.4. The largest absolute Gasteiger partial charge is 0.505 e. The first-order valence-corrected chi connectivity index (χ1v) is 5.94.